The van der Waals surface area contributed by atoms with Gasteiger partial charge in [0.25, 0.3) is 0 Å². The van der Waals surface area contributed by atoms with E-state index < -0.39 is 11.9 Å². The van der Waals surface area contributed by atoms with Crippen molar-refractivity contribution in [3.63, 3.8) is 0 Å². The number of hydrogen-bond donors (Lipinski definition) is 1. The largest absolute Gasteiger partial charge is 0.493 e. The number of carbonyl (C=O) groups excluding carboxylic acids is 2. The molecule has 2 atom stereocenters. The average molecular weight is 434 g/mol. The molecular weight excluding hydrogens is 406 g/mol. The van der Waals surface area contributed by atoms with Crippen LogP contribution in [0, 0.1) is 0 Å². The summed E-state index contributed by atoms with van der Waals surface area (Å²) in [7, 11) is 4.49. The maximum Gasteiger partial charge on any atom is 0.336 e. The molecule has 0 saturated heterocycles. The minimum atomic E-state index is -0.539. The highest BCUT2D eigenvalue weighted by atomic mass is 16.5. The fourth-order valence-electron chi connectivity index (χ4n) is 4.75. The molecule has 0 saturated carbocycles. The van der Waals surface area contributed by atoms with E-state index >= 15 is 0 Å². The summed E-state index contributed by atoms with van der Waals surface area (Å²) >= 11 is 0. The number of carbonyl (C=O) groups is 2. The zero-order valence-corrected chi connectivity index (χ0v) is 18.7. The van der Waals surface area contributed by atoms with E-state index in [2.05, 4.69) is 17.4 Å². The lowest BCUT2D eigenvalue weighted by Crippen LogP contribution is -2.36. The topological polar surface area (TPSA) is 73.9 Å². The van der Waals surface area contributed by atoms with Crippen molar-refractivity contribution in [3.05, 3.63) is 82.2 Å². The molecule has 2 aromatic rings. The van der Waals surface area contributed by atoms with Gasteiger partial charge in [0.2, 0.25) is 0 Å². The predicted molar refractivity (Wildman–Crippen MR) is 121 cm³/mol. The van der Waals surface area contributed by atoms with Gasteiger partial charge in [-0.15, -0.1) is 0 Å². The van der Waals surface area contributed by atoms with Gasteiger partial charge >= 0.3 is 5.97 Å². The van der Waals surface area contributed by atoms with E-state index in [0.717, 1.165) is 16.8 Å². The third-order valence-electron chi connectivity index (χ3n) is 6.24. The van der Waals surface area contributed by atoms with E-state index in [-0.39, 0.29) is 11.7 Å². The summed E-state index contributed by atoms with van der Waals surface area (Å²) in [6, 6.07) is 15.6. The number of esters is 1. The van der Waals surface area contributed by atoms with Gasteiger partial charge in [0.05, 0.1) is 26.9 Å². The van der Waals surface area contributed by atoms with Gasteiger partial charge < -0.3 is 19.5 Å². The molecule has 0 amide bonds. The zero-order chi connectivity index (χ0) is 22.8. The Morgan fingerprint density at radius 3 is 2.31 bits per heavy atom. The predicted octanol–water partition coefficient (Wildman–Crippen LogP) is 4.24. The number of methoxy groups -OCH3 is 3. The smallest absolute Gasteiger partial charge is 0.336 e. The highest BCUT2D eigenvalue weighted by molar-refractivity contribution is 6.04. The third kappa shape index (κ3) is 3.77. The van der Waals surface area contributed by atoms with Crippen LogP contribution in [0.15, 0.2) is 71.1 Å². The molecule has 0 unspecified atom stereocenters. The molecule has 0 spiro atoms. The van der Waals surface area contributed by atoms with Crippen LogP contribution >= 0.6 is 0 Å². The van der Waals surface area contributed by atoms with Crippen molar-refractivity contribution >= 4 is 11.8 Å². The van der Waals surface area contributed by atoms with Crippen LogP contribution in [0.5, 0.6) is 11.5 Å². The average Bonchev–Trinajstić information content (AvgIpc) is 2.82. The maximum atomic E-state index is 13.5. The van der Waals surface area contributed by atoms with Crippen LogP contribution in [-0.4, -0.2) is 33.1 Å². The second-order valence-corrected chi connectivity index (χ2v) is 8.03. The summed E-state index contributed by atoms with van der Waals surface area (Å²) in [5.74, 6) is 0.244. The Kier molecular flexibility index (Phi) is 6.04. The summed E-state index contributed by atoms with van der Waals surface area (Å²) < 4.78 is 15.9. The van der Waals surface area contributed by atoms with Gasteiger partial charge in [0, 0.05) is 29.3 Å². The Hall–Kier alpha value is -3.54. The van der Waals surface area contributed by atoms with Crippen molar-refractivity contribution in [1.29, 1.82) is 0 Å². The monoisotopic (exact) mass is 433 g/mol. The van der Waals surface area contributed by atoms with Crippen molar-refractivity contribution in [2.75, 3.05) is 21.3 Å². The van der Waals surface area contributed by atoms with E-state index in [4.69, 9.17) is 14.2 Å². The second-order valence-electron chi connectivity index (χ2n) is 8.03. The molecule has 0 fully saturated rings. The molecule has 166 valence electrons. The lowest BCUT2D eigenvalue weighted by Gasteiger charge is -2.36. The Labute approximate surface area is 187 Å². The van der Waals surface area contributed by atoms with Crippen LogP contribution in [0.3, 0.4) is 0 Å². The number of benzene rings is 2. The van der Waals surface area contributed by atoms with Crippen LogP contribution in [0.1, 0.15) is 42.7 Å². The van der Waals surface area contributed by atoms with Crippen molar-refractivity contribution in [3.8, 4) is 11.5 Å². The summed E-state index contributed by atoms with van der Waals surface area (Å²) in [5, 5.41) is 3.35. The molecule has 1 N–H and O–H groups in total. The van der Waals surface area contributed by atoms with Crippen molar-refractivity contribution < 1.29 is 23.8 Å². The minimum absolute atomic E-state index is 0.0290. The van der Waals surface area contributed by atoms with Crippen molar-refractivity contribution in [1.82, 2.24) is 5.32 Å². The number of dihydropyridines is 1. The normalized spacial score (nSPS) is 20.4. The first-order valence-corrected chi connectivity index (χ1v) is 10.6. The highest BCUT2D eigenvalue weighted by Gasteiger charge is 2.41. The van der Waals surface area contributed by atoms with Crippen LogP contribution in [0.4, 0.5) is 0 Å². The van der Waals surface area contributed by atoms with Gasteiger partial charge in [-0.25, -0.2) is 4.79 Å². The number of nitrogens with one attached hydrogen (secondary N) is 1. The fourth-order valence-corrected chi connectivity index (χ4v) is 4.75. The van der Waals surface area contributed by atoms with E-state index in [1.807, 2.05) is 37.3 Å². The van der Waals surface area contributed by atoms with E-state index in [1.54, 1.807) is 20.3 Å². The Balaban J connectivity index is 1.84. The fraction of sp³-hybridized carbons (Fsp3) is 0.308. The molecule has 32 heavy (non-hydrogen) atoms. The molecule has 0 radical (unpaired) electrons. The molecule has 2 aromatic carbocycles. The van der Waals surface area contributed by atoms with Crippen LogP contribution in [0.2, 0.25) is 0 Å². The highest BCUT2D eigenvalue weighted by Crippen LogP contribution is 2.46. The first kappa shape index (κ1) is 21.7. The number of hydrogen-bond acceptors (Lipinski definition) is 6. The molecule has 6 nitrogen and oxygen atoms in total. The van der Waals surface area contributed by atoms with E-state index in [0.29, 0.717) is 41.2 Å². The summed E-state index contributed by atoms with van der Waals surface area (Å²) in [5.41, 5.74) is 4.53. The summed E-state index contributed by atoms with van der Waals surface area (Å²) in [6.07, 6.45) is 1.09. The van der Waals surface area contributed by atoms with Gasteiger partial charge in [-0.3, -0.25) is 4.79 Å². The molecular formula is C26H27NO5. The molecule has 1 aliphatic carbocycles. The molecule has 6 heteroatoms. The molecule has 1 aliphatic heterocycles. The SMILES string of the molecule is COC(=O)C1=C(C)NC2=C(C(=O)C[C@H](c3ccccc3)C2)[C@@H]1c1ccc(OC)c(OC)c1. The standard InChI is InChI=1S/C26H27NO5/c1-15-23(26(29)32-4)24(17-10-11-21(30-2)22(14-17)31-3)25-19(27-15)12-18(13-20(25)28)16-8-6-5-7-9-16/h5-11,14,18,24,27H,12-13H2,1-4H3/t18-,24-/m1/s1. The molecule has 1 heterocycles. The van der Waals surface area contributed by atoms with E-state index in [9.17, 15) is 9.59 Å². The lowest BCUT2D eigenvalue weighted by molar-refractivity contribution is -0.136. The van der Waals surface area contributed by atoms with Crippen LogP contribution in [-0.2, 0) is 14.3 Å². The number of Topliss-reactive ketones (excluding diaryl/α,β-unsaturated/α-hetero) is 1. The minimum Gasteiger partial charge on any atom is -0.493 e. The number of rotatable bonds is 5. The summed E-state index contributed by atoms with van der Waals surface area (Å²) in [4.78, 5) is 26.3. The first-order valence-electron chi connectivity index (χ1n) is 10.6. The van der Waals surface area contributed by atoms with Crippen LogP contribution < -0.4 is 14.8 Å². The number of ketones is 1. The molecule has 0 aromatic heterocycles. The van der Waals surface area contributed by atoms with Gasteiger partial charge in [0.1, 0.15) is 0 Å². The Morgan fingerprint density at radius 2 is 1.66 bits per heavy atom. The van der Waals surface area contributed by atoms with Gasteiger partial charge in [-0.05, 0) is 42.5 Å². The Bertz CT molecular complexity index is 1120. The van der Waals surface area contributed by atoms with Crippen molar-refractivity contribution in [2.45, 2.75) is 31.6 Å². The van der Waals surface area contributed by atoms with E-state index in [1.165, 1.54) is 7.11 Å². The van der Waals surface area contributed by atoms with Gasteiger partial charge in [-0.1, -0.05) is 36.4 Å². The quantitative estimate of drug-likeness (QED) is 0.711. The lowest BCUT2D eigenvalue weighted by atomic mass is 9.71. The van der Waals surface area contributed by atoms with Crippen LogP contribution in [0.25, 0.3) is 0 Å². The maximum absolute atomic E-state index is 13.5. The Morgan fingerprint density at radius 1 is 0.938 bits per heavy atom. The zero-order valence-electron chi connectivity index (χ0n) is 18.7. The molecule has 0 bridgehead atoms. The first-order chi connectivity index (χ1) is 15.5. The molecule has 4 rings (SSSR count). The molecule has 2 aliphatic rings. The van der Waals surface area contributed by atoms with Crippen molar-refractivity contribution in [2.24, 2.45) is 0 Å². The third-order valence-corrected chi connectivity index (χ3v) is 6.24. The second kappa shape index (κ2) is 8.91. The van der Waals surface area contributed by atoms with Gasteiger partial charge in [-0.2, -0.15) is 0 Å². The number of allylic oxidation sites excluding steroid dienone is 3. The number of ether oxygens (including phenoxy) is 3. The summed E-state index contributed by atoms with van der Waals surface area (Å²) in [6.45, 7) is 1.85. The van der Waals surface area contributed by atoms with Gasteiger partial charge in [0.15, 0.2) is 17.3 Å².